The number of aryl methyl sites for hydroxylation is 3. The lowest BCUT2D eigenvalue weighted by Crippen LogP contribution is -2.03. The fourth-order valence-electron chi connectivity index (χ4n) is 2.56. The van der Waals surface area contributed by atoms with Gasteiger partial charge in [-0.3, -0.25) is 0 Å². The van der Waals surface area contributed by atoms with E-state index in [4.69, 9.17) is 11.1 Å². The number of nitrogens with one attached hydrogen (secondary N) is 1. The van der Waals surface area contributed by atoms with E-state index in [0.717, 1.165) is 29.5 Å². The van der Waals surface area contributed by atoms with Gasteiger partial charge in [-0.2, -0.15) is 0 Å². The fourth-order valence-corrected chi connectivity index (χ4v) is 2.56. The SMILES string of the molecule is CCCc1ccc(/C(N)=C/C(=N)c2cccc(C)c2)cc1C. The van der Waals surface area contributed by atoms with Crippen LogP contribution in [0.15, 0.2) is 48.5 Å². The van der Waals surface area contributed by atoms with Gasteiger partial charge in [0.15, 0.2) is 0 Å². The van der Waals surface area contributed by atoms with Gasteiger partial charge in [0, 0.05) is 5.70 Å². The molecule has 0 aliphatic carbocycles. The first kappa shape index (κ1) is 16.0. The first-order valence-corrected chi connectivity index (χ1v) is 7.74. The Morgan fingerprint density at radius 1 is 1.09 bits per heavy atom. The highest BCUT2D eigenvalue weighted by Gasteiger charge is 2.04. The van der Waals surface area contributed by atoms with E-state index in [-0.39, 0.29) is 0 Å². The summed E-state index contributed by atoms with van der Waals surface area (Å²) in [5.41, 5.74) is 12.9. The highest BCUT2D eigenvalue weighted by molar-refractivity contribution is 6.10. The molecule has 0 aromatic heterocycles. The van der Waals surface area contributed by atoms with E-state index in [1.165, 1.54) is 11.1 Å². The lowest BCUT2D eigenvalue weighted by Gasteiger charge is -2.09. The molecular formula is C20H24N2. The Labute approximate surface area is 133 Å². The van der Waals surface area contributed by atoms with E-state index in [1.54, 1.807) is 6.08 Å². The summed E-state index contributed by atoms with van der Waals surface area (Å²) < 4.78 is 0. The normalized spacial score (nSPS) is 11.5. The first-order valence-electron chi connectivity index (χ1n) is 7.74. The minimum Gasteiger partial charge on any atom is -0.398 e. The summed E-state index contributed by atoms with van der Waals surface area (Å²) in [6.07, 6.45) is 3.97. The molecule has 0 saturated carbocycles. The van der Waals surface area contributed by atoms with Crippen LogP contribution in [0.2, 0.25) is 0 Å². The molecule has 22 heavy (non-hydrogen) atoms. The van der Waals surface area contributed by atoms with Crippen LogP contribution in [0.5, 0.6) is 0 Å². The molecule has 0 amide bonds. The third kappa shape index (κ3) is 3.85. The van der Waals surface area contributed by atoms with Crippen molar-refractivity contribution in [1.29, 1.82) is 5.41 Å². The van der Waals surface area contributed by atoms with Crippen LogP contribution in [0, 0.1) is 19.3 Å². The zero-order valence-electron chi connectivity index (χ0n) is 13.6. The summed E-state index contributed by atoms with van der Waals surface area (Å²) in [7, 11) is 0. The smallest absolute Gasteiger partial charge is 0.0633 e. The number of hydrogen-bond donors (Lipinski definition) is 2. The minimum atomic E-state index is 0.441. The van der Waals surface area contributed by atoms with Crippen molar-refractivity contribution in [2.24, 2.45) is 5.73 Å². The molecule has 0 saturated heterocycles. The van der Waals surface area contributed by atoms with Gasteiger partial charge in [-0.1, -0.05) is 49.2 Å². The zero-order valence-corrected chi connectivity index (χ0v) is 13.6. The Bertz CT molecular complexity index is 711. The van der Waals surface area contributed by atoms with Gasteiger partial charge in [0.1, 0.15) is 0 Å². The van der Waals surface area contributed by atoms with Crippen LogP contribution in [0.25, 0.3) is 5.70 Å². The fraction of sp³-hybridized carbons (Fsp3) is 0.250. The standard InChI is InChI=1S/C20H24N2/c1-4-6-16-9-10-18(12-15(16)3)20(22)13-19(21)17-8-5-7-14(2)11-17/h5,7-13,21H,4,6,22H2,1-3H3/b20-13-,21-19?. The third-order valence-electron chi connectivity index (χ3n) is 3.82. The number of hydrogen-bond acceptors (Lipinski definition) is 2. The van der Waals surface area contributed by atoms with Crippen molar-refractivity contribution in [3.05, 3.63) is 76.4 Å². The van der Waals surface area contributed by atoms with Gasteiger partial charge in [0.25, 0.3) is 0 Å². The highest BCUT2D eigenvalue weighted by atomic mass is 14.6. The second-order valence-electron chi connectivity index (χ2n) is 5.77. The Kier molecular flexibility index (Phi) is 5.16. The summed E-state index contributed by atoms with van der Waals surface area (Å²) in [4.78, 5) is 0. The Balaban J connectivity index is 2.25. The van der Waals surface area contributed by atoms with E-state index < -0.39 is 0 Å². The molecule has 2 nitrogen and oxygen atoms in total. The summed E-state index contributed by atoms with van der Waals surface area (Å²) in [5.74, 6) is 0. The van der Waals surface area contributed by atoms with Gasteiger partial charge >= 0.3 is 0 Å². The van der Waals surface area contributed by atoms with Crippen LogP contribution >= 0.6 is 0 Å². The van der Waals surface area contributed by atoms with Crippen molar-refractivity contribution in [3.8, 4) is 0 Å². The molecule has 114 valence electrons. The lowest BCUT2D eigenvalue weighted by molar-refractivity contribution is 0.912. The maximum Gasteiger partial charge on any atom is 0.0633 e. The van der Waals surface area contributed by atoms with E-state index in [0.29, 0.717) is 11.4 Å². The molecule has 0 aliphatic rings. The van der Waals surface area contributed by atoms with Gasteiger partial charge in [-0.25, -0.2) is 0 Å². The molecule has 0 heterocycles. The molecule has 0 radical (unpaired) electrons. The molecule has 0 spiro atoms. The van der Waals surface area contributed by atoms with Crippen LogP contribution in [0.1, 0.15) is 41.2 Å². The molecule has 2 heteroatoms. The monoisotopic (exact) mass is 292 g/mol. The molecule has 2 aromatic carbocycles. The molecular weight excluding hydrogens is 268 g/mol. The number of nitrogens with two attached hydrogens (primary N) is 1. The Hall–Kier alpha value is -2.35. The van der Waals surface area contributed by atoms with Crippen molar-refractivity contribution >= 4 is 11.4 Å². The topological polar surface area (TPSA) is 49.9 Å². The summed E-state index contributed by atoms with van der Waals surface area (Å²) in [6.45, 7) is 6.33. The zero-order chi connectivity index (χ0) is 16.1. The molecule has 0 unspecified atom stereocenters. The first-order chi connectivity index (χ1) is 10.5. The van der Waals surface area contributed by atoms with Crippen LogP contribution in [-0.2, 0) is 6.42 Å². The Morgan fingerprint density at radius 3 is 2.50 bits per heavy atom. The van der Waals surface area contributed by atoms with Gasteiger partial charge in [-0.15, -0.1) is 0 Å². The van der Waals surface area contributed by atoms with E-state index in [1.807, 2.05) is 37.3 Å². The average molecular weight is 292 g/mol. The second-order valence-corrected chi connectivity index (χ2v) is 5.77. The molecule has 0 aliphatic heterocycles. The van der Waals surface area contributed by atoms with Gasteiger partial charge in [-0.05, 0) is 60.7 Å². The van der Waals surface area contributed by atoms with Crippen molar-refractivity contribution in [1.82, 2.24) is 0 Å². The average Bonchev–Trinajstić information content (AvgIpc) is 2.49. The van der Waals surface area contributed by atoms with Gasteiger partial charge < -0.3 is 11.1 Å². The third-order valence-corrected chi connectivity index (χ3v) is 3.82. The second kappa shape index (κ2) is 7.08. The predicted octanol–water partition coefficient (Wildman–Crippen LogP) is 4.62. The maximum atomic E-state index is 8.21. The number of rotatable bonds is 5. The summed E-state index contributed by atoms with van der Waals surface area (Å²) in [6, 6.07) is 14.2. The lowest BCUT2D eigenvalue weighted by atomic mass is 9.99. The van der Waals surface area contributed by atoms with E-state index in [2.05, 4.69) is 26.0 Å². The molecule has 0 fully saturated rings. The van der Waals surface area contributed by atoms with Crippen LogP contribution in [-0.4, -0.2) is 5.71 Å². The Morgan fingerprint density at radius 2 is 1.86 bits per heavy atom. The number of benzene rings is 2. The minimum absolute atomic E-state index is 0.441. The maximum absolute atomic E-state index is 8.21. The summed E-state index contributed by atoms with van der Waals surface area (Å²) in [5, 5.41) is 8.21. The number of allylic oxidation sites excluding steroid dienone is 1. The highest BCUT2D eigenvalue weighted by Crippen LogP contribution is 2.17. The van der Waals surface area contributed by atoms with Crippen molar-refractivity contribution in [2.75, 3.05) is 0 Å². The van der Waals surface area contributed by atoms with E-state index >= 15 is 0 Å². The summed E-state index contributed by atoms with van der Waals surface area (Å²) >= 11 is 0. The molecule has 2 rings (SSSR count). The quantitative estimate of drug-likeness (QED) is 0.776. The molecule has 0 atom stereocenters. The van der Waals surface area contributed by atoms with Gasteiger partial charge in [0.2, 0.25) is 0 Å². The molecule has 0 bridgehead atoms. The predicted molar refractivity (Wildman–Crippen MR) is 95.3 cm³/mol. The van der Waals surface area contributed by atoms with E-state index in [9.17, 15) is 0 Å². The molecule has 2 aromatic rings. The van der Waals surface area contributed by atoms with Crippen molar-refractivity contribution in [3.63, 3.8) is 0 Å². The largest absolute Gasteiger partial charge is 0.398 e. The van der Waals surface area contributed by atoms with Crippen LogP contribution in [0.3, 0.4) is 0 Å². The van der Waals surface area contributed by atoms with Crippen molar-refractivity contribution in [2.45, 2.75) is 33.6 Å². The van der Waals surface area contributed by atoms with Crippen LogP contribution in [0.4, 0.5) is 0 Å². The molecule has 3 N–H and O–H groups in total. The van der Waals surface area contributed by atoms with Gasteiger partial charge in [0.05, 0.1) is 5.71 Å². The van der Waals surface area contributed by atoms with Crippen molar-refractivity contribution < 1.29 is 0 Å². The van der Waals surface area contributed by atoms with Crippen LogP contribution < -0.4 is 5.73 Å².